The van der Waals surface area contributed by atoms with Gasteiger partial charge in [-0.25, -0.2) is 0 Å². The molecule has 2 amide bonds. The second-order valence-corrected chi connectivity index (χ2v) is 6.29. The van der Waals surface area contributed by atoms with Crippen LogP contribution in [-0.4, -0.2) is 47.8 Å². The molecule has 0 aliphatic carbocycles. The molecule has 1 aromatic rings. The van der Waals surface area contributed by atoms with Crippen LogP contribution in [0.4, 0.5) is 0 Å². The van der Waals surface area contributed by atoms with Gasteiger partial charge < -0.3 is 14.2 Å². The average Bonchev–Trinajstić information content (AvgIpc) is 3.04. The molecule has 0 atom stereocenters. The molecule has 0 unspecified atom stereocenters. The van der Waals surface area contributed by atoms with Crippen molar-refractivity contribution < 1.29 is 14.0 Å². The summed E-state index contributed by atoms with van der Waals surface area (Å²) in [6.07, 6.45) is 5.23. The Labute approximate surface area is 139 Å². The number of furan rings is 1. The van der Waals surface area contributed by atoms with Crippen LogP contribution < -0.4 is 0 Å². The SMILES string of the molecule is CCCN(CCC)C(=O)CCN(CC(C)C)C(=O)c1ccoc1. The van der Waals surface area contributed by atoms with Crippen LogP contribution in [0.2, 0.25) is 0 Å². The first-order valence-corrected chi connectivity index (χ1v) is 8.58. The number of carbonyl (C=O) groups is 2. The minimum atomic E-state index is -0.0715. The number of rotatable bonds is 10. The molecule has 0 aromatic carbocycles. The average molecular weight is 322 g/mol. The Morgan fingerprint density at radius 2 is 1.74 bits per heavy atom. The van der Waals surface area contributed by atoms with Gasteiger partial charge in [-0.15, -0.1) is 0 Å². The van der Waals surface area contributed by atoms with E-state index in [9.17, 15) is 9.59 Å². The largest absolute Gasteiger partial charge is 0.472 e. The number of carbonyl (C=O) groups excluding carboxylic acids is 2. The second kappa shape index (κ2) is 10.1. The van der Waals surface area contributed by atoms with Gasteiger partial charge in [-0.05, 0) is 24.8 Å². The first-order valence-electron chi connectivity index (χ1n) is 8.58. The lowest BCUT2D eigenvalue weighted by atomic mass is 10.1. The third-order valence-corrected chi connectivity index (χ3v) is 3.58. The van der Waals surface area contributed by atoms with Crippen molar-refractivity contribution in [1.29, 1.82) is 0 Å². The van der Waals surface area contributed by atoms with E-state index in [0.717, 1.165) is 25.9 Å². The van der Waals surface area contributed by atoms with Gasteiger partial charge >= 0.3 is 0 Å². The summed E-state index contributed by atoms with van der Waals surface area (Å²) in [4.78, 5) is 28.6. The van der Waals surface area contributed by atoms with Gasteiger partial charge in [0.05, 0.1) is 11.8 Å². The van der Waals surface area contributed by atoms with Gasteiger partial charge in [-0.2, -0.15) is 0 Å². The molecule has 5 heteroatoms. The van der Waals surface area contributed by atoms with E-state index >= 15 is 0 Å². The van der Waals surface area contributed by atoms with Crippen molar-refractivity contribution in [3.05, 3.63) is 24.2 Å². The van der Waals surface area contributed by atoms with Crippen LogP contribution in [0.3, 0.4) is 0 Å². The Morgan fingerprint density at radius 1 is 1.09 bits per heavy atom. The van der Waals surface area contributed by atoms with Crippen LogP contribution in [-0.2, 0) is 4.79 Å². The molecule has 0 spiro atoms. The lowest BCUT2D eigenvalue weighted by Crippen LogP contribution is -2.39. The summed E-state index contributed by atoms with van der Waals surface area (Å²) >= 11 is 0. The summed E-state index contributed by atoms with van der Waals surface area (Å²) in [5.41, 5.74) is 0.539. The van der Waals surface area contributed by atoms with E-state index in [1.165, 1.54) is 12.5 Å². The Morgan fingerprint density at radius 3 is 2.22 bits per heavy atom. The normalized spacial score (nSPS) is 10.8. The zero-order valence-corrected chi connectivity index (χ0v) is 14.9. The molecule has 0 saturated heterocycles. The fraction of sp³-hybridized carbons (Fsp3) is 0.667. The minimum absolute atomic E-state index is 0.0715. The summed E-state index contributed by atoms with van der Waals surface area (Å²) in [6, 6.07) is 1.66. The molecule has 0 aliphatic rings. The van der Waals surface area contributed by atoms with Crippen molar-refractivity contribution >= 4 is 11.8 Å². The van der Waals surface area contributed by atoms with E-state index in [0.29, 0.717) is 31.0 Å². The van der Waals surface area contributed by atoms with Crippen LogP contribution in [0, 0.1) is 5.92 Å². The highest BCUT2D eigenvalue weighted by molar-refractivity contribution is 5.94. The maximum atomic E-state index is 12.5. The molecule has 1 aromatic heterocycles. The monoisotopic (exact) mass is 322 g/mol. The molecule has 0 radical (unpaired) electrons. The van der Waals surface area contributed by atoms with E-state index in [-0.39, 0.29) is 11.8 Å². The highest BCUT2D eigenvalue weighted by Crippen LogP contribution is 2.10. The third kappa shape index (κ3) is 6.47. The maximum absolute atomic E-state index is 12.5. The van der Waals surface area contributed by atoms with Crippen LogP contribution >= 0.6 is 0 Å². The molecule has 0 fully saturated rings. The van der Waals surface area contributed by atoms with E-state index in [1.807, 2.05) is 4.90 Å². The van der Waals surface area contributed by atoms with Gasteiger partial charge in [0.1, 0.15) is 6.26 Å². The van der Waals surface area contributed by atoms with Gasteiger partial charge in [0.2, 0.25) is 5.91 Å². The number of hydrogen-bond donors (Lipinski definition) is 0. The van der Waals surface area contributed by atoms with Gasteiger partial charge in [0.15, 0.2) is 0 Å². The van der Waals surface area contributed by atoms with Crippen molar-refractivity contribution in [2.45, 2.75) is 47.0 Å². The quantitative estimate of drug-likeness (QED) is 0.663. The second-order valence-electron chi connectivity index (χ2n) is 6.29. The summed E-state index contributed by atoms with van der Waals surface area (Å²) in [6.45, 7) is 10.9. The zero-order valence-electron chi connectivity index (χ0n) is 14.9. The number of amides is 2. The van der Waals surface area contributed by atoms with Crippen molar-refractivity contribution in [2.75, 3.05) is 26.2 Å². The Balaban J connectivity index is 2.66. The fourth-order valence-corrected chi connectivity index (χ4v) is 2.58. The van der Waals surface area contributed by atoms with E-state index < -0.39 is 0 Å². The van der Waals surface area contributed by atoms with Crippen molar-refractivity contribution in [3.63, 3.8) is 0 Å². The summed E-state index contributed by atoms with van der Waals surface area (Å²) in [5.74, 6) is 0.406. The van der Waals surface area contributed by atoms with E-state index in [4.69, 9.17) is 4.42 Å². The van der Waals surface area contributed by atoms with Gasteiger partial charge in [-0.1, -0.05) is 27.7 Å². The molecule has 0 bridgehead atoms. The lowest BCUT2D eigenvalue weighted by molar-refractivity contribution is -0.131. The Kier molecular flexibility index (Phi) is 8.45. The lowest BCUT2D eigenvalue weighted by Gasteiger charge is -2.26. The van der Waals surface area contributed by atoms with Crippen LogP contribution in [0.15, 0.2) is 23.0 Å². The third-order valence-electron chi connectivity index (χ3n) is 3.58. The molecular weight excluding hydrogens is 292 g/mol. The summed E-state index contributed by atoms with van der Waals surface area (Å²) in [5, 5.41) is 0. The van der Waals surface area contributed by atoms with Gasteiger partial charge in [0, 0.05) is 32.6 Å². The van der Waals surface area contributed by atoms with E-state index in [2.05, 4.69) is 27.7 Å². The van der Waals surface area contributed by atoms with Gasteiger partial charge in [0.25, 0.3) is 5.91 Å². The summed E-state index contributed by atoms with van der Waals surface area (Å²) < 4.78 is 5.00. The molecule has 5 nitrogen and oxygen atoms in total. The summed E-state index contributed by atoms with van der Waals surface area (Å²) in [7, 11) is 0. The first kappa shape index (κ1) is 19.3. The van der Waals surface area contributed by atoms with E-state index in [1.54, 1.807) is 11.0 Å². The Hall–Kier alpha value is -1.78. The highest BCUT2D eigenvalue weighted by Gasteiger charge is 2.20. The topological polar surface area (TPSA) is 53.8 Å². The predicted molar refractivity (Wildman–Crippen MR) is 91.2 cm³/mol. The Bertz CT molecular complexity index is 463. The predicted octanol–water partition coefficient (Wildman–Crippen LogP) is 3.42. The van der Waals surface area contributed by atoms with Crippen LogP contribution in [0.1, 0.15) is 57.3 Å². The van der Waals surface area contributed by atoms with Crippen molar-refractivity contribution in [1.82, 2.24) is 9.80 Å². The van der Waals surface area contributed by atoms with Crippen molar-refractivity contribution in [2.24, 2.45) is 5.92 Å². The van der Waals surface area contributed by atoms with Crippen LogP contribution in [0.25, 0.3) is 0 Å². The molecule has 0 aliphatic heterocycles. The van der Waals surface area contributed by atoms with Gasteiger partial charge in [-0.3, -0.25) is 9.59 Å². The number of hydrogen-bond acceptors (Lipinski definition) is 3. The maximum Gasteiger partial charge on any atom is 0.257 e. The van der Waals surface area contributed by atoms with Crippen molar-refractivity contribution in [3.8, 4) is 0 Å². The smallest absolute Gasteiger partial charge is 0.257 e. The standard InChI is InChI=1S/C18H30N2O3/c1-5-9-19(10-6-2)17(21)7-11-20(13-15(3)4)18(22)16-8-12-23-14-16/h8,12,14-15H,5-7,9-11,13H2,1-4H3. The minimum Gasteiger partial charge on any atom is -0.472 e. The molecule has 130 valence electrons. The highest BCUT2D eigenvalue weighted by atomic mass is 16.3. The van der Waals surface area contributed by atoms with Crippen LogP contribution in [0.5, 0.6) is 0 Å². The molecule has 0 N–H and O–H groups in total. The molecule has 0 saturated carbocycles. The fourth-order valence-electron chi connectivity index (χ4n) is 2.58. The zero-order chi connectivity index (χ0) is 17.2. The molecule has 1 rings (SSSR count). The number of nitrogens with zero attached hydrogens (tertiary/aromatic N) is 2. The molecule has 23 heavy (non-hydrogen) atoms. The molecule has 1 heterocycles. The first-order chi connectivity index (χ1) is 11.0. The molecular formula is C18H30N2O3.